The Morgan fingerprint density at radius 1 is 1.53 bits per heavy atom. The molecule has 1 rings (SSSR count). The largest absolute Gasteiger partial charge is 0.461 e. The maximum absolute atomic E-state index is 13.0. The molecule has 96 valence electrons. The summed E-state index contributed by atoms with van der Waals surface area (Å²) in [5.41, 5.74) is -0.102. The predicted octanol–water partition coefficient (Wildman–Crippen LogP) is 1.10. The molecule has 1 aromatic heterocycles. The Balaban J connectivity index is 2.59. The fourth-order valence-corrected chi connectivity index (χ4v) is 1.08. The van der Waals surface area contributed by atoms with Crippen molar-refractivity contribution in [3.63, 3.8) is 0 Å². The van der Waals surface area contributed by atoms with Crippen molar-refractivity contribution in [2.45, 2.75) is 25.8 Å². The first-order valence-corrected chi connectivity index (χ1v) is 4.99. The molecule has 8 heteroatoms. The minimum atomic E-state index is -2.20. The zero-order valence-corrected chi connectivity index (χ0v) is 9.15. The van der Waals surface area contributed by atoms with Gasteiger partial charge in [0, 0.05) is 0 Å². The molecule has 0 radical (unpaired) electrons. The molecule has 0 fully saturated rings. The number of nitrogens with zero attached hydrogens (tertiary/aromatic N) is 3. The maximum Gasteiger partial charge on any atom is 0.360 e. The summed E-state index contributed by atoms with van der Waals surface area (Å²) in [7, 11) is 0. The lowest BCUT2D eigenvalue weighted by Gasteiger charge is -2.09. The number of hydrogen-bond donors (Lipinski definition) is 0. The zero-order valence-electron chi connectivity index (χ0n) is 9.15. The van der Waals surface area contributed by atoms with Gasteiger partial charge in [0.2, 0.25) is 0 Å². The lowest BCUT2D eigenvalue weighted by atomic mass is 10.2. The van der Waals surface area contributed by atoms with E-state index in [1.54, 1.807) is 6.92 Å². The van der Waals surface area contributed by atoms with E-state index in [0.717, 1.165) is 10.9 Å². The minimum absolute atomic E-state index is 0.102. The third kappa shape index (κ3) is 3.72. The Kier molecular flexibility index (Phi) is 4.92. The lowest BCUT2D eigenvalue weighted by Crippen LogP contribution is -2.25. The first kappa shape index (κ1) is 13.5. The van der Waals surface area contributed by atoms with Gasteiger partial charge in [-0.3, -0.25) is 0 Å². The van der Waals surface area contributed by atoms with Crippen molar-refractivity contribution in [1.29, 1.82) is 0 Å². The van der Waals surface area contributed by atoms with Gasteiger partial charge in [0.1, 0.15) is 6.67 Å². The summed E-state index contributed by atoms with van der Waals surface area (Å²) in [4.78, 5) is 11.2. The monoisotopic (exact) mass is 251 g/mol. The van der Waals surface area contributed by atoms with Crippen LogP contribution in [-0.4, -0.2) is 46.6 Å². The smallest absolute Gasteiger partial charge is 0.360 e. The van der Waals surface area contributed by atoms with Gasteiger partial charge in [0.25, 0.3) is 0 Å². The molecule has 0 aromatic carbocycles. The van der Waals surface area contributed by atoms with Crippen LogP contribution in [0.2, 0.25) is 0 Å². The third-order valence-corrected chi connectivity index (χ3v) is 1.92. The van der Waals surface area contributed by atoms with E-state index in [-0.39, 0.29) is 12.3 Å². The molecule has 0 N–H and O–H groups in total. The van der Waals surface area contributed by atoms with Gasteiger partial charge < -0.3 is 4.74 Å². The fraction of sp³-hybridized carbons (Fsp3) is 0.667. The highest BCUT2D eigenvalue weighted by Crippen LogP contribution is 2.08. The van der Waals surface area contributed by atoms with E-state index in [0.29, 0.717) is 0 Å². The Morgan fingerprint density at radius 3 is 2.82 bits per heavy atom. The Labute approximate surface area is 95.6 Å². The fourth-order valence-electron chi connectivity index (χ4n) is 1.08. The van der Waals surface area contributed by atoms with Crippen LogP contribution in [0.5, 0.6) is 0 Å². The molecule has 0 saturated heterocycles. The summed E-state index contributed by atoms with van der Waals surface area (Å²) in [5.74, 6) is -0.698. The Morgan fingerprint density at radius 2 is 2.24 bits per heavy atom. The molecule has 0 bridgehead atoms. The summed E-state index contributed by atoms with van der Waals surface area (Å²) in [5, 5.41) is 6.84. The molecule has 0 aliphatic rings. The van der Waals surface area contributed by atoms with E-state index in [4.69, 9.17) is 0 Å². The maximum atomic E-state index is 13.0. The van der Waals surface area contributed by atoms with Gasteiger partial charge in [-0.1, -0.05) is 5.21 Å². The van der Waals surface area contributed by atoms with E-state index >= 15 is 0 Å². The minimum Gasteiger partial charge on any atom is -0.461 e. The molecule has 0 amide bonds. The summed E-state index contributed by atoms with van der Waals surface area (Å²) in [6.07, 6.45) is -3.11. The number of carbonyl (C=O) groups excluding carboxylic acids is 1. The number of aromatic nitrogens is 3. The highest BCUT2D eigenvalue weighted by atomic mass is 19.2. The zero-order chi connectivity index (χ0) is 12.8. The summed E-state index contributed by atoms with van der Waals surface area (Å²) in [6, 6.07) is 0. The number of rotatable bonds is 6. The Bertz CT molecular complexity index is 372. The lowest BCUT2D eigenvalue weighted by molar-refractivity contribution is 0.0519. The van der Waals surface area contributed by atoms with E-state index < -0.39 is 31.5 Å². The van der Waals surface area contributed by atoms with Gasteiger partial charge in [-0.25, -0.2) is 22.6 Å². The van der Waals surface area contributed by atoms with E-state index in [9.17, 15) is 18.0 Å². The van der Waals surface area contributed by atoms with E-state index in [1.165, 1.54) is 0 Å². The first-order valence-electron chi connectivity index (χ1n) is 4.99. The van der Waals surface area contributed by atoms with Crippen LogP contribution in [0.25, 0.3) is 0 Å². The number of hydrogen-bond acceptors (Lipinski definition) is 4. The summed E-state index contributed by atoms with van der Waals surface area (Å²) < 4.78 is 43.0. The van der Waals surface area contributed by atoms with Crippen LogP contribution < -0.4 is 0 Å². The van der Waals surface area contributed by atoms with Crippen molar-refractivity contribution in [1.82, 2.24) is 15.0 Å². The number of esters is 1. The molecule has 1 heterocycles. The van der Waals surface area contributed by atoms with Gasteiger partial charge >= 0.3 is 5.97 Å². The van der Waals surface area contributed by atoms with Crippen LogP contribution in [0.1, 0.15) is 17.4 Å². The van der Waals surface area contributed by atoms with Gasteiger partial charge in [-0.05, 0) is 6.92 Å². The molecular weight excluding hydrogens is 239 g/mol. The van der Waals surface area contributed by atoms with Crippen LogP contribution >= 0.6 is 0 Å². The predicted molar refractivity (Wildman–Crippen MR) is 51.7 cm³/mol. The molecular formula is C9H12F3N3O2. The number of alkyl halides is 3. The molecule has 2 unspecified atom stereocenters. The van der Waals surface area contributed by atoms with Crippen molar-refractivity contribution in [2.75, 3.05) is 13.3 Å². The van der Waals surface area contributed by atoms with Gasteiger partial charge in [0.05, 0.1) is 19.3 Å². The van der Waals surface area contributed by atoms with Crippen molar-refractivity contribution < 1.29 is 22.7 Å². The molecule has 1 aromatic rings. The summed E-state index contributed by atoms with van der Waals surface area (Å²) >= 11 is 0. The van der Waals surface area contributed by atoms with Crippen LogP contribution in [-0.2, 0) is 11.3 Å². The summed E-state index contributed by atoms with van der Waals surface area (Å²) in [6.45, 7) is -0.112. The first-order chi connectivity index (χ1) is 8.08. The molecule has 0 spiro atoms. The SMILES string of the molecule is CCOC(=O)c1cn(CC(F)C(F)CF)nn1. The van der Waals surface area contributed by atoms with Crippen molar-refractivity contribution in [3.05, 3.63) is 11.9 Å². The second-order valence-corrected chi connectivity index (χ2v) is 3.23. The average molecular weight is 251 g/mol. The normalized spacial score (nSPS) is 14.4. The molecule has 0 aliphatic heterocycles. The van der Waals surface area contributed by atoms with Crippen LogP contribution in [0.15, 0.2) is 6.20 Å². The van der Waals surface area contributed by atoms with E-state index in [1.807, 2.05) is 0 Å². The van der Waals surface area contributed by atoms with Crippen molar-refractivity contribution in [3.8, 4) is 0 Å². The third-order valence-electron chi connectivity index (χ3n) is 1.92. The highest BCUT2D eigenvalue weighted by Gasteiger charge is 2.22. The number of ether oxygens (including phenoxy) is 1. The Hall–Kier alpha value is -1.60. The van der Waals surface area contributed by atoms with Gasteiger partial charge in [-0.15, -0.1) is 5.10 Å². The molecule has 0 aliphatic carbocycles. The van der Waals surface area contributed by atoms with Crippen LogP contribution in [0.4, 0.5) is 13.2 Å². The highest BCUT2D eigenvalue weighted by molar-refractivity contribution is 5.86. The van der Waals surface area contributed by atoms with Gasteiger partial charge in [-0.2, -0.15) is 0 Å². The van der Waals surface area contributed by atoms with Gasteiger partial charge in [0.15, 0.2) is 18.0 Å². The van der Waals surface area contributed by atoms with Crippen molar-refractivity contribution in [2.24, 2.45) is 0 Å². The molecule has 5 nitrogen and oxygen atoms in total. The topological polar surface area (TPSA) is 57.0 Å². The van der Waals surface area contributed by atoms with Crippen LogP contribution in [0.3, 0.4) is 0 Å². The second kappa shape index (κ2) is 6.21. The van der Waals surface area contributed by atoms with Crippen LogP contribution in [0, 0.1) is 0 Å². The average Bonchev–Trinajstić information content (AvgIpc) is 2.76. The number of halogens is 3. The van der Waals surface area contributed by atoms with E-state index in [2.05, 4.69) is 15.0 Å². The molecule has 17 heavy (non-hydrogen) atoms. The second-order valence-electron chi connectivity index (χ2n) is 3.23. The number of carbonyl (C=O) groups is 1. The van der Waals surface area contributed by atoms with Crippen molar-refractivity contribution >= 4 is 5.97 Å². The molecule has 2 atom stereocenters. The standard InChI is InChI=1S/C9H12F3N3O2/c1-2-17-9(16)8-5-15(14-13-8)4-7(12)6(11)3-10/h5-7H,2-4H2,1H3. The molecule has 0 saturated carbocycles. The quantitative estimate of drug-likeness (QED) is 0.710.